The van der Waals surface area contributed by atoms with Crippen molar-refractivity contribution in [2.45, 2.75) is 58.5 Å². The Bertz CT molecular complexity index is 690. The predicted octanol–water partition coefficient (Wildman–Crippen LogP) is 3.23. The third-order valence-corrected chi connectivity index (χ3v) is 4.65. The first-order valence-corrected chi connectivity index (χ1v) is 8.81. The fourth-order valence-electron chi connectivity index (χ4n) is 3.29. The first kappa shape index (κ1) is 16.7. The molecule has 3 rings (SSSR count). The summed E-state index contributed by atoms with van der Waals surface area (Å²) in [5, 5.41) is 7.35. The third-order valence-electron chi connectivity index (χ3n) is 4.65. The molecule has 0 fully saturated rings. The summed E-state index contributed by atoms with van der Waals surface area (Å²) in [7, 11) is 0. The van der Waals surface area contributed by atoms with Crippen LogP contribution in [0.15, 0.2) is 30.6 Å². The smallest absolute Gasteiger partial charge is 0.227 e. The first-order valence-electron chi connectivity index (χ1n) is 8.81. The number of carbonyl (C=O) groups is 1. The van der Waals surface area contributed by atoms with Crippen LogP contribution in [0.3, 0.4) is 0 Å². The Labute approximate surface area is 143 Å². The van der Waals surface area contributed by atoms with Crippen LogP contribution >= 0.6 is 0 Å². The van der Waals surface area contributed by atoms with E-state index in [0.717, 1.165) is 37.2 Å². The molecule has 24 heavy (non-hydrogen) atoms. The monoisotopic (exact) mass is 326 g/mol. The van der Waals surface area contributed by atoms with Gasteiger partial charge in [-0.3, -0.25) is 4.79 Å². The van der Waals surface area contributed by atoms with Gasteiger partial charge in [0, 0.05) is 6.54 Å². The van der Waals surface area contributed by atoms with Crippen molar-refractivity contribution in [1.29, 1.82) is 0 Å². The second kappa shape index (κ2) is 7.16. The van der Waals surface area contributed by atoms with Crippen molar-refractivity contribution in [3.05, 3.63) is 47.5 Å². The highest BCUT2D eigenvalue weighted by molar-refractivity contribution is 5.83. The molecule has 0 aliphatic carbocycles. The molecular weight excluding hydrogens is 300 g/mol. The topological polar surface area (TPSA) is 59.8 Å². The van der Waals surface area contributed by atoms with Gasteiger partial charge in [-0.1, -0.05) is 38.1 Å². The van der Waals surface area contributed by atoms with E-state index < -0.39 is 0 Å². The largest absolute Gasteiger partial charge is 0.346 e. The second-order valence-electron chi connectivity index (χ2n) is 7.11. The predicted molar refractivity (Wildman–Crippen MR) is 93.5 cm³/mol. The minimum atomic E-state index is -0.170. The van der Waals surface area contributed by atoms with Crippen LogP contribution in [0.4, 0.5) is 0 Å². The molecule has 2 atom stereocenters. The number of rotatable bonds is 5. The molecule has 1 aromatic heterocycles. The van der Waals surface area contributed by atoms with Crippen LogP contribution in [0, 0.1) is 5.92 Å². The molecule has 0 unspecified atom stereocenters. The van der Waals surface area contributed by atoms with Crippen molar-refractivity contribution in [2.75, 3.05) is 0 Å². The van der Waals surface area contributed by atoms with Crippen molar-refractivity contribution in [3.63, 3.8) is 0 Å². The molecule has 2 heterocycles. The molecule has 5 heteroatoms. The van der Waals surface area contributed by atoms with Gasteiger partial charge in [0.2, 0.25) is 5.91 Å². The van der Waals surface area contributed by atoms with Crippen LogP contribution in [-0.4, -0.2) is 20.7 Å². The molecule has 2 aromatic rings. The molecule has 1 aromatic carbocycles. The van der Waals surface area contributed by atoms with Crippen LogP contribution in [0.5, 0.6) is 0 Å². The summed E-state index contributed by atoms with van der Waals surface area (Å²) >= 11 is 0. The molecule has 0 bridgehead atoms. The van der Waals surface area contributed by atoms with Gasteiger partial charge in [0.1, 0.15) is 12.2 Å². The van der Waals surface area contributed by atoms with E-state index in [1.165, 1.54) is 5.56 Å². The number of aryl methyl sites for hydroxylation is 1. The molecule has 1 aliphatic rings. The summed E-state index contributed by atoms with van der Waals surface area (Å²) in [6.07, 6.45) is 4.57. The molecule has 5 nitrogen and oxygen atoms in total. The molecule has 0 saturated carbocycles. The number of benzene rings is 1. The number of hydrogen-bond acceptors (Lipinski definition) is 3. The van der Waals surface area contributed by atoms with Crippen LogP contribution in [-0.2, 0) is 17.8 Å². The Morgan fingerprint density at radius 1 is 1.29 bits per heavy atom. The maximum atomic E-state index is 12.6. The number of aromatic nitrogens is 3. The Balaban J connectivity index is 1.65. The van der Waals surface area contributed by atoms with Gasteiger partial charge < -0.3 is 5.32 Å². The zero-order valence-electron chi connectivity index (χ0n) is 14.7. The number of amides is 1. The highest BCUT2D eigenvalue weighted by atomic mass is 16.1. The van der Waals surface area contributed by atoms with Crippen LogP contribution < -0.4 is 5.32 Å². The van der Waals surface area contributed by atoms with Crippen molar-refractivity contribution < 1.29 is 4.79 Å². The molecule has 1 amide bonds. The molecule has 128 valence electrons. The lowest BCUT2D eigenvalue weighted by atomic mass is 9.95. The maximum Gasteiger partial charge on any atom is 0.227 e. The second-order valence-corrected chi connectivity index (χ2v) is 7.11. The minimum absolute atomic E-state index is 0.0311. The average molecular weight is 326 g/mol. The minimum Gasteiger partial charge on any atom is -0.346 e. The fourth-order valence-corrected chi connectivity index (χ4v) is 3.29. The lowest BCUT2D eigenvalue weighted by Crippen LogP contribution is -2.35. The molecule has 0 saturated heterocycles. The van der Waals surface area contributed by atoms with E-state index >= 15 is 0 Å². The van der Waals surface area contributed by atoms with Gasteiger partial charge >= 0.3 is 0 Å². The van der Waals surface area contributed by atoms with Crippen molar-refractivity contribution in [3.8, 4) is 0 Å². The van der Waals surface area contributed by atoms with Gasteiger partial charge in [0.25, 0.3) is 0 Å². The molecule has 0 radical (unpaired) electrons. The van der Waals surface area contributed by atoms with E-state index in [9.17, 15) is 4.79 Å². The molecular formula is C19H26N4O. The molecule has 0 spiro atoms. The van der Waals surface area contributed by atoms with Crippen molar-refractivity contribution >= 4 is 5.91 Å². The van der Waals surface area contributed by atoms with E-state index in [0.29, 0.717) is 5.92 Å². The van der Waals surface area contributed by atoms with E-state index in [2.05, 4.69) is 53.5 Å². The number of nitrogens with one attached hydrogen (secondary N) is 1. The van der Waals surface area contributed by atoms with E-state index in [-0.39, 0.29) is 17.9 Å². The van der Waals surface area contributed by atoms with Crippen molar-refractivity contribution in [1.82, 2.24) is 20.1 Å². The fraction of sp³-hybridized carbons (Fsp3) is 0.526. The van der Waals surface area contributed by atoms with Gasteiger partial charge in [-0.15, -0.1) is 0 Å². The summed E-state index contributed by atoms with van der Waals surface area (Å²) in [6, 6.07) is 8.39. The summed E-state index contributed by atoms with van der Waals surface area (Å²) in [5.41, 5.74) is 2.37. The number of nitrogens with zero attached hydrogens (tertiary/aromatic N) is 3. The summed E-state index contributed by atoms with van der Waals surface area (Å²) in [4.78, 5) is 16.9. The normalized spacial score (nSPS) is 18.2. The highest BCUT2D eigenvalue weighted by Crippen LogP contribution is 2.24. The standard InChI is InChI=1S/C19H26N4O/c1-13(2)11-15-6-8-16(9-7-15)14(3)19(24)22-17-5-4-10-23-18(17)20-12-21-23/h6-9,12-14,17H,4-5,10-11H2,1-3H3,(H,22,24)/t14-,17-/m0/s1. The maximum absolute atomic E-state index is 12.6. The Morgan fingerprint density at radius 2 is 2.04 bits per heavy atom. The van der Waals surface area contributed by atoms with Gasteiger partial charge in [-0.05, 0) is 43.2 Å². The summed E-state index contributed by atoms with van der Waals surface area (Å²) in [5.74, 6) is 1.39. The Hall–Kier alpha value is -2.17. The Morgan fingerprint density at radius 3 is 2.75 bits per heavy atom. The van der Waals surface area contributed by atoms with E-state index in [1.54, 1.807) is 6.33 Å². The molecule has 1 aliphatic heterocycles. The number of fused-ring (bicyclic) bond motifs is 1. The van der Waals surface area contributed by atoms with Gasteiger partial charge in [-0.2, -0.15) is 5.10 Å². The highest BCUT2D eigenvalue weighted by Gasteiger charge is 2.26. The van der Waals surface area contributed by atoms with Gasteiger partial charge in [-0.25, -0.2) is 9.67 Å². The third kappa shape index (κ3) is 3.66. The average Bonchev–Trinajstić information content (AvgIpc) is 3.04. The van der Waals surface area contributed by atoms with Crippen molar-refractivity contribution in [2.24, 2.45) is 5.92 Å². The summed E-state index contributed by atoms with van der Waals surface area (Å²) < 4.78 is 1.89. The van der Waals surface area contributed by atoms with E-state index in [4.69, 9.17) is 0 Å². The zero-order valence-corrected chi connectivity index (χ0v) is 14.7. The molecule has 1 N–H and O–H groups in total. The van der Waals surface area contributed by atoms with Crippen LogP contribution in [0.1, 0.15) is 62.5 Å². The Kier molecular flexibility index (Phi) is 4.97. The lowest BCUT2D eigenvalue weighted by molar-refractivity contribution is -0.123. The van der Waals surface area contributed by atoms with Crippen LogP contribution in [0.25, 0.3) is 0 Å². The lowest BCUT2D eigenvalue weighted by Gasteiger charge is -2.24. The quantitative estimate of drug-likeness (QED) is 0.917. The summed E-state index contributed by atoms with van der Waals surface area (Å²) in [6.45, 7) is 7.27. The van der Waals surface area contributed by atoms with Gasteiger partial charge in [0.15, 0.2) is 0 Å². The number of carbonyl (C=O) groups excluding carboxylic acids is 1. The first-order chi connectivity index (χ1) is 11.5. The van der Waals surface area contributed by atoms with Crippen LogP contribution in [0.2, 0.25) is 0 Å². The SMILES string of the molecule is CC(C)Cc1ccc([C@H](C)C(=O)N[C@H]2CCCn3ncnc32)cc1. The van der Waals surface area contributed by atoms with Gasteiger partial charge in [0.05, 0.1) is 12.0 Å². The zero-order chi connectivity index (χ0) is 17.1. The van der Waals surface area contributed by atoms with E-state index in [1.807, 2.05) is 11.6 Å². The number of hydrogen-bond donors (Lipinski definition) is 1.